The highest BCUT2D eigenvalue weighted by Crippen LogP contribution is 2.32. The first kappa shape index (κ1) is 23.4. The van der Waals surface area contributed by atoms with E-state index in [1.54, 1.807) is 37.9 Å². The molecule has 3 amide bonds. The van der Waals surface area contributed by atoms with E-state index in [1.807, 2.05) is 24.4 Å². The molecule has 3 aromatic rings. The smallest absolute Gasteiger partial charge is 0.412 e. The van der Waals surface area contributed by atoms with Crippen LogP contribution in [-0.2, 0) is 11.2 Å². The number of ether oxygens (including phenoxy) is 1. The van der Waals surface area contributed by atoms with Gasteiger partial charge in [0, 0.05) is 36.4 Å². The quantitative estimate of drug-likeness (QED) is 0.549. The molecule has 9 heteroatoms. The van der Waals surface area contributed by atoms with Crippen molar-refractivity contribution >= 4 is 34.5 Å². The first-order valence-electron chi connectivity index (χ1n) is 11.5. The fourth-order valence-corrected chi connectivity index (χ4v) is 3.98. The third-order valence-electron chi connectivity index (χ3n) is 5.56. The number of benzene rings is 1. The molecule has 2 N–H and O–H groups in total. The number of carbonyl (C=O) groups is 2. The molecule has 1 aliphatic heterocycles. The molecule has 0 unspecified atom stereocenters. The second-order valence-corrected chi connectivity index (χ2v) is 9.33. The van der Waals surface area contributed by atoms with Crippen molar-refractivity contribution in [3.8, 4) is 11.1 Å². The van der Waals surface area contributed by atoms with Crippen LogP contribution in [0.25, 0.3) is 22.0 Å². The Labute approximate surface area is 198 Å². The maximum absolute atomic E-state index is 12.5. The van der Waals surface area contributed by atoms with Crippen LogP contribution in [0.4, 0.5) is 21.1 Å². The van der Waals surface area contributed by atoms with Crippen molar-refractivity contribution in [2.45, 2.75) is 52.6 Å². The number of aromatic nitrogens is 3. The molecule has 4 rings (SSSR count). The van der Waals surface area contributed by atoms with Gasteiger partial charge in [0.25, 0.3) is 0 Å². The number of nitrogens with zero attached hydrogens (tertiary/aromatic N) is 4. The molecule has 1 aromatic carbocycles. The Morgan fingerprint density at radius 1 is 1.09 bits per heavy atom. The van der Waals surface area contributed by atoms with Crippen molar-refractivity contribution in [3.05, 3.63) is 42.2 Å². The van der Waals surface area contributed by atoms with Crippen LogP contribution in [0.15, 0.2) is 36.7 Å². The van der Waals surface area contributed by atoms with Crippen molar-refractivity contribution in [3.63, 3.8) is 0 Å². The molecule has 34 heavy (non-hydrogen) atoms. The highest BCUT2D eigenvalue weighted by Gasteiger charge is 2.21. The van der Waals surface area contributed by atoms with E-state index in [1.165, 1.54) is 0 Å². The number of hydrogen-bond acceptors (Lipinski definition) is 6. The van der Waals surface area contributed by atoms with Gasteiger partial charge in [0.1, 0.15) is 11.1 Å². The standard InChI is InChI=1S/C25H30N6O3/c1-5-16-8-9-26-15-19(16)17-12-18-14-21(28-23(32)31-10-6-7-11-31)29-30-22(18)20(13-17)27-24(33)34-25(2,3)4/h8-9,12-15H,5-7,10-11H2,1-4H3,(H,27,33)(H,28,29,32). The number of rotatable bonds is 4. The number of urea groups is 1. The average molecular weight is 463 g/mol. The number of aryl methyl sites for hydroxylation is 1. The van der Waals surface area contributed by atoms with Crippen molar-refractivity contribution in [1.29, 1.82) is 0 Å². The Balaban J connectivity index is 1.75. The lowest BCUT2D eigenvalue weighted by atomic mass is 9.98. The zero-order valence-electron chi connectivity index (χ0n) is 20.0. The van der Waals surface area contributed by atoms with Crippen LogP contribution >= 0.6 is 0 Å². The van der Waals surface area contributed by atoms with E-state index in [-0.39, 0.29) is 6.03 Å². The van der Waals surface area contributed by atoms with E-state index >= 15 is 0 Å². The number of hydrogen-bond donors (Lipinski definition) is 2. The molecule has 3 heterocycles. The maximum atomic E-state index is 12.5. The molecule has 0 radical (unpaired) electrons. The van der Waals surface area contributed by atoms with Crippen LogP contribution in [0.2, 0.25) is 0 Å². The van der Waals surface area contributed by atoms with Gasteiger partial charge < -0.3 is 9.64 Å². The summed E-state index contributed by atoms with van der Waals surface area (Å²) in [6.07, 6.45) is 5.83. The molecule has 1 aliphatic rings. The van der Waals surface area contributed by atoms with Gasteiger partial charge in [-0.15, -0.1) is 10.2 Å². The lowest BCUT2D eigenvalue weighted by Crippen LogP contribution is -2.32. The monoisotopic (exact) mass is 462 g/mol. The lowest BCUT2D eigenvalue weighted by molar-refractivity contribution is 0.0636. The lowest BCUT2D eigenvalue weighted by Gasteiger charge is -2.20. The van der Waals surface area contributed by atoms with Gasteiger partial charge in [-0.3, -0.25) is 15.6 Å². The number of pyridine rings is 1. The second kappa shape index (κ2) is 9.62. The van der Waals surface area contributed by atoms with Gasteiger partial charge in [0.05, 0.1) is 5.69 Å². The van der Waals surface area contributed by atoms with Crippen molar-refractivity contribution in [2.24, 2.45) is 0 Å². The molecule has 0 bridgehead atoms. The van der Waals surface area contributed by atoms with Crippen molar-refractivity contribution in [1.82, 2.24) is 20.1 Å². The predicted molar refractivity (Wildman–Crippen MR) is 132 cm³/mol. The summed E-state index contributed by atoms with van der Waals surface area (Å²) < 4.78 is 5.44. The van der Waals surface area contributed by atoms with E-state index in [9.17, 15) is 9.59 Å². The fourth-order valence-electron chi connectivity index (χ4n) is 3.98. The van der Waals surface area contributed by atoms with Crippen LogP contribution in [0.3, 0.4) is 0 Å². The largest absolute Gasteiger partial charge is 0.444 e. The Morgan fingerprint density at radius 3 is 2.56 bits per heavy atom. The summed E-state index contributed by atoms with van der Waals surface area (Å²) >= 11 is 0. The summed E-state index contributed by atoms with van der Waals surface area (Å²) in [5, 5.41) is 14.9. The molecule has 9 nitrogen and oxygen atoms in total. The highest BCUT2D eigenvalue weighted by molar-refractivity contribution is 6.02. The first-order chi connectivity index (χ1) is 16.2. The van der Waals surface area contributed by atoms with Gasteiger partial charge >= 0.3 is 12.1 Å². The van der Waals surface area contributed by atoms with Gasteiger partial charge in [-0.1, -0.05) is 6.92 Å². The van der Waals surface area contributed by atoms with Crippen LogP contribution < -0.4 is 10.6 Å². The Hall–Kier alpha value is -3.75. The summed E-state index contributed by atoms with van der Waals surface area (Å²) in [6.45, 7) is 8.97. The number of amides is 3. The number of likely N-dealkylation sites (tertiary alicyclic amines) is 1. The number of carbonyl (C=O) groups excluding carboxylic acids is 2. The first-order valence-corrected chi connectivity index (χ1v) is 11.5. The van der Waals surface area contributed by atoms with Crippen molar-refractivity contribution < 1.29 is 14.3 Å². The highest BCUT2D eigenvalue weighted by atomic mass is 16.6. The molecule has 0 saturated carbocycles. The summed E-state index contributed by atoms with van der Waals surface area (Å²) in [7, 11) is 0. The summed E-state index contributed by atoms with van der Waals surface area (Å²) in [4.78, 5) is 31.1. The van der Waals surface area contributed by atoms with Crippen LogP contribution in [0.1, 0.15) is 46.1 Å². The SMILES string of the molecule is CCc1ccncc1-c1cc(NC(=O)OC(C)(C)C)c2nnc(NC(=O)N3CCCC3)cc2c1. The van der Waals surface area contributed by atoms with E-state index in [4.69, 9.17) is 4.74 Å². The van der Waals surface area contributed by atoms with Gasteiger partial charge in [-0.2, -0.15) is 0 Å². The molecule has 1 fully saturated rings. The third-order valence-corrected chi connectivity index (χ3v) is 5.56. The van der Waals surface area contributed by atoms with E-state index in [0.717, 1.165) is 54.4 Å². The zero-order valence-corrected chi connectivity index (χ0v) is 20.0. The molecule has 2 aromatic heterocycles. The molecule has 1 saturated heterocycles. The van der Waals surface area contributed by atoms with E-state index in [0.29, 0.717) is 17.0 Å². The molecule has 0 atom stereocenters. The maximum Gasteiger partial charge on any atom is 0.412 e. The van der Waals surface area contributed by atoms with Crippen LogP contribution in [-0.4, -0.2) is 50.9 Å². The minimum atomic E-state index is -0.644. The third kappa shape index (κ3) is 5.41. The summed E-state index contributed by atoms with van der Waals surface area (Å²) in [5.41, 5.74) is 3.27. The topological polar surface area (TPSA) is 109 Å². The fraction of sp³-hybridized carbons (Fsp3) is 0.400. The summed E-state index contributed by atoms with van der Waals surface area (Å²) in [6, 6.07) is 7.37. The Morgan fingerprint density at radius 2 is 1.85 bits per heavy atom. The van der Waals surface area contributed by atoms with Gasteiger partial charge in [-0.25, -0.2) is 9.59 Å². The number of nitrogens with one attached hydrogen (secondary N) is 2. The van der Waals surface area contributed by atoms with Gasteiger partial charge in [0.15, 0.2) is 5.82 Å². The molecule has 0 spiro atoms. The second-order valence-electron chi connectivity index (χ2n) is 9.33. The van der Waals surface area contributed by atoms with E-state index in [2.05, 4.69) is 32.7 Å². The average Bonchev–Trinajstić information content (AvgIpc) is 3.32. The van der Waals surface area contributed by atoms with Crippen LogP contribution in [0.5, 0.6) is 0 Å². The normalized spacial score (nSPS) is 13.7. The minimum Gasteiger partial charge on any atom is -0.444 e. The van der Waals surface area contributed by atoms with Gasteiger partial charge in [-0.05, 0) is 75.4 Å². The molecular weight excluding hydrogens is 432 g/mol. The van der Waals surface area contributed by atoms with Crippen LogP contribution in [0, 0.1) is 0 Å². The Kier molecular flexibility index (Phi) is 6.63. The molecule has 178 valence electrons. The van der Waals surface area contributed by atoms with E-state index < -0.39 is 11.7 Å². The number of anilines is 2. The number of fused-ring (bicyclic) bond motifs is 1. The molecular formula is C25H30N6O3. The zero-order chi connectivity index (χ0) is 24.3. The van der Waals surface area contributed by atoms with Crippen molar-refractivity contribution in [2.75, 3.05) is 23.7 Å². The Bertz CT molecular complexity index is 1210. The van der Waals surface area contributed by atoms with Gasteiger partial charge in [0.2, 0.25) is 0 Å². The summed E-state index contributed by atoms with van der Waals surface area (Å²) in [5.74, 6) is 0.353. The minimum absolute atomic E-state index is 0.185. The molecule has 0 aliphatic carbocycles. The predicted octanol–water partition coefficient (Wildman–Crippen LogP) is 5.23.